The average molecular weight is 460 g/mol. The molecule has 9 bridgehead atoms. The molecule has 1 aromatic rings. The van der Waals surface area contributed by atoms with Crippen molar-refractivity contribution in [3.8, 4) is 0 Å². The lowest BCUT2D eigenvalue weighted by atomic mass is 9.39. The lowest BCUT2D eigenvalue weighted by molar-refractivity contribution is -0.274. The summed E-state index contributed by atoms with van der Waals surface area (Å²) in [7, 11) is 0. The number of nitrogens with zero attached hydrogens (tertiary/aromatic N) is 1. The van der Waals surface area contributed by atoms with Crippen LogP contribution < -0.4 is 0 Å². The highest BCUT2D eigenvalue weighted by atomic mass is 16.5. The zero-order chi connectivity index (χ0) is 23.3. The largest absolute Gasteiger partial charge is 0.454 e. The Morgan fingerprint density at radius 2 is 2.03 bits per heavy atom. The van der Waals surface area contributed by atoms with Crippen LogP contribution in [-0.2, 0) is 9.53 Å². The number of aliphatic hydroxyl groups excluding tert-OH is 1. The van der Waals surface area contributed by atoms with Gasteiger partial charge in [-0.1, -0.05) is 50.3 Å². The number of rotatable bonds is 3. The standard InChI is InChI=1S/C29H33NO4/c1-16-18-13-19-23-27-12-6-11-26(2)15-30(23)29(33,25(26)27)14-28(19,22(27)21(18)32)24(16)34-20(31)10-9-17-7-4-3-5-8-17/h3-5,7-10,18-19,21-25,32-33H,1,6,11-15H2,2H3/b10-9+/t18-,19-,21+,22+,23?,24-,25-,26+,27+,28-,29+/m1/s1. The normalized spacial score (nSPS) is 57.1. The van der Waals surface area contributed by atoms with Crippen LogP contribution in [0.3, 0.4) is 0 Å². The Kier molecular flexibility index (Phi) is 3.50. The van der Waals surface area contributed by atoms with Gasteiger partial charge in [0.25, 0.3) is 0 Å². The first-order valence-electron chi connectivity index (χ1n) is 13.1. The van der Waals surface area contributed by atoms with Crippen molar-refractivity contribution in [2.75, 3.05) is 6.54 Å². The highest BCUT2D eigenvalue weighted by Crippen LogP contribution is 2.89. The minimum Gasteiger partial charge on any atom is -0.454 e. The first kappa shape index (κ1) is 20.3. The molecule has 9 aliphatic rings. The van der Waals surface area contributed by atoms with Gasteiger partial charge in [-0.05, 0) is 53.2 Å². The van der Waals surface area contributed by atoms with Gasteiger partial charge < -0.3 is 14.9 Å². The van der Waals surface area contributed by atoms with Gasteiger partial charge in [0.15, 0.2) is 0 Å². The number of carbonyl (C=O) groups is 1. The molecule has 0 aromatic heterocycles. The van der Waals surface area contributed by atoms with Crippen molar-refractivity contribution >= 4 is 12.0 Å². The van der Waals surface area contributed by atoms with Gasteiger partial charge in [-0.3, -0.25) is 4.90 Å². The van der Waals surface area contributed by atoms with Crippen LogP contribution in [0.15, 0.2) is 48.6 Å². The third-order valence-electron chi connectivity index (χ3n) is 11.8. The molecule has 1 aromatic carbocycles. The summed E-state index contributed by atoms with van der Waals surface area (Å²) < 4.78 is 6.26. The molecule has 178 valence electrons. The average Bonchev–Trinajstić information content (AvgIpc) is 3.17. The number of fused-ring (bicyclic) bond motifs is 1. The van der Waals surface area contributed by atoms with Crippen molar-refractivity contribution < 1.29 is 19.7 Å². The number of aliphatic hydroxyl groups is 2. The minimum absolute atomic E-state index is 0.0206. The molecule has 5 heteroatoms. The summed E-state index contributed by atoms with van der Waals surface area (Å²) in [5.74, 6) is 0.254. The summed E-state index contributed by atoms with van der Waals surface area (Å²) in [5.41, 5.74) is 0.614. The number of benzene rings is 1. The number of piperidine rings is 2. The van der Waals surface area contributed by atoms with Crippen molar-refractivity contribution in [3.05, 3.63) is 54.1 Å². The fraction of sp³-hybridized carbons (Fsp3) is 0.621. The lowest BCUT2D eigenvalue weighted by Crippen LogP contribution is -2.72. The molecular formula is C29H33NO4. The van der Waals surface area contributed by atoms with E-state index in [2.05, 4.69) is 18.4 Å². The Bertz CT molecular complexity index is 1160. The number of ether oxygens (including phenoxy) is 1. The van der Waals surface area contributed by atoms with E-state index in [1.165, 1.54) is 6.08 Å². The smallest absolute Gasteiger partial charge is 0.331 e. The van der Waals surface area contributed by atoms with Gasteiger partial charge in [-0.25, -0.2) is 4.79 Å². The Morgan fingerprint density at radius 3 is 2.82 bits per heavy atom. The van der Waals surface area contributed by atoms with Gasteiger partial charge in [0.2, 0.25) is 0 Å². The van der Waals surface area contributed by atoms with Crippen LogP contribution in [0, 0.1) is 39.9 Å². The fourth-order valence-corrected chi connectivity index (χ4v) is 11.6. The van der Waals surface area contributed by atoms with Crippen molar-refractivity contribution in [2.24, 2.45) is 39.9 Å². The van der Waals surface area contributed by atoms with E-state index >= 15 is 0 Å². The van der Waals surface area contributed by atoms with Gasteiger partial charge in [0.05, 0.1) is 6.10 Å². The highest BCUT2D eigenvalue weighted by Gasteiger charge is 2.93. The van der Waals surface area contributed by atoms with E-state index in [1.54, 1.807) is 6.08 Å². The fourth-order valence-electron chi connectivity index (χ4n) is 11.6. The third-order valence-corrected chi connectivity index (χ3v) is 11.8. The van der Waals surface area contributed by atoms with E-state index < -0.39 is 23.3 Å². The van der Waals surface area contributed by atoms with E-state index in [9.17, 15) is 15.0 Å². The van der Waals surface area contributed by atoms with Crippen LogP contribution in [-0.4, -0.2) is 51.6 Å². The van der Waals surface area contributed by atoms with Crippen LogP contribution in [0.4, 0.5) is 0 Å². The van der Waals surface area contributed by atoms with Crippen LogP contribution in [0.1, 0.15) is 44.6 Å². The predicted octanol–water partition coefficient (Wildman–Crippen LogP) is 3.38. The van der Waals surface area contributed by atoms with E-state index in [-0.39, 0.29) is 34.6 Å². The van der Waals surface area contributed by atoms with Crippen LogP contribution in [0.2, 0.25) is 0 Å². The Morgan fingerprint density at radius 1 is 1.24 bits per heavy atom. The summed E-state index contributed by atoms with van der Waals surface area (Å²) in [4.78, 5) is 15.5. The van der Waals surface area contributed by atoms with Crippen LogP contribution >= 0.6 is 0 Å². The van der Waals surface area contributed by atoms with Gasteiger partial charge in [0.1, 0.15) is 11.8 Å². The molecule has 2 spiro atoms. The Labute approximate surface area is 200 Å². The molecule has 34 heavy (non-hydrogen) atoms. The highest BCUT2D eigenvalue weighted by molar-refractivity contribution is 5.87. The van der Waals surface area contributed by atoms with Crippen LogP contribution in [0.5, 0.6) is 0 Å². The molecule has 0 amide bonds. The Balaban J connectivity index is 1.22. The summed E-state index contributed by atoms with van der Waals surface area (Å²) in [6.07, 6.45) is 7.32. The first-order valence-corrected chi connectivity index (χ1v) is 13.1. The summed E-state index contributed by atoms with van der Waals surface area (Å²) in [5, 5.41) is 24.1. The quantitative estimate of drug-likeness (QED) is 0.412. The van der Waals surface area contributed by atoms with Crippen molar-refractivity contribution in [1.29, 1.82) is 0 Å². The van der Waals surface area contributed by atoms with E-state index in [0.717, 1.165) is 43.4 Å². The third kappa shape index (κ3) is 1.88. The molecular weight excluding hydrogens is 426 g/mol. The second-order valence-corrected chi connectivity index (χ2v) is 12.8. The Hall–Kier alpha value is -1.95. The molecule has 10 rings (SSSR count). The maximum atomic E-state index is 13.1. The van der Waals surface area contributed by atoms with Crippen LogP contribution in [0.25, 0.3) is 6.08 Å². The van der Waals surface area contributed by atoms with Gasteiger partial charge in [-0.15, -0.1) is 0 Å². The zero-order valence-electron chi connectivity index (χ0n) is 19.7. The SMILES string of the molecule is C=C1[C@H]2C[C@@H]3C4N5C[C@]6(C)CCC[C@@]47[C@@H]6[C@@]5(O)C[C@]3([C@@H]1OC(=O)/C=C/c1ccccc1)[C@H]7[C@H]2O. The van der Waals surface area contributed by atoms with Crippen molar-refractivity contribution in [2.45, 2.75) is 63.0 Å². The molecule has 2 N–H and O–H groups in total. The number of esters is 1. The van der Waals surface area contributed by atoms with Gasteiger partial charge in [-0.2, -0.15) is 0 Å². The molecule has 6 saturated carbocycles. The number of hydrogen-bond acceptors (Lipinski definition) is 5. The zero-order valence-corrected chi connectivity index (χ0v) is 19.7. The lowest BCUT2D eigenvalue weighted by Gasteiger charge is -2.67. The van der Waals surface area contributed by atoms with E-state index in [1.807, 2.05) is 30.3 Å². The minimum atomic E-state index is -0.846. The molecule has 3 aliphatic heterocycles. The maximum absolute atomic E-state index is 13.1. The molecule has 3 heterocycles. The molecule has 0 radical (unpaired) electrons. The topological polar surface area (TPSA) is 70.0 Å². The van der Waals surface area contributed by atoms with Gasteiger partial charge >= 0.3 is 5.97 Å². The molecule has 2 unspecified atom stereocenters. The van der Waals surface area contributed by atoms with Crippen molar-refractivity contribution in [1.82, 2.24) is 4.90 Å². The number of hydrogen-bond donors (Lipinski definition) is 2. The molecule has 12 atom stereocenters. The second-order valence-electron chi connectivity index (χ2n) is 12.8. The molecule has 6 aliphatic carbocycles. The summed E-state index contributed by atoms with van der Waals surface area (Å²) in [6, 6.07) is 10.1. The van der Waals surface area contributed by atoms with Crippen molar-refractivity contribution in [3.63, 3.8) is 0 Å². The summed E-state index contributed by atoms with van der Waals surface area (Å²) in [6.45, 7) is 7.72. The second kappa shape index (κ2) is 5.88. The molecule has 5 nitrogen and oxygen atoms in total. The first-order chi connectivity index (χ1) is 16.3. The molecule has 9 fully saturated rings. The maximum Gasteiger partial charge on any atom is 0.331 e. The van der Waals surface area contributed by atoms with E-state index in [4.69, 9.17) is 4.74 Å². The van der Waals surface area contributed by atoms with E-state index in [0.29, 0.717) is 18.4 Å². The van der Waals surface area contributed by atoms with Gasteiger partial charge in [0, 0.05) is 48.3 Å². The molecule has 3 saturated heterocycles. The number of carbonyl (C=O) groups excluding carboxylic acids is 1. The monoisotopic (exact) mass is 459 g/mol. The predicted molar refractivity (Wildman–Crippen MR) is 126 cm³/mol. The summed E-state index contributed by atoms with van der Waals surface area (Å²) >= 11 is 0.